The summed E-state index contributed by atoms with van der Waals surface area (Å²) in [6.07, 6.45) is 20.3. The molecule has 0 saturated heterocycles. The van der Waals surface area contributed by atoms with E-state index in [1.807, 2.05) is 13.8 Å². The Morgan fingerprint density at radius 1 is 0.345 bits per heavy atom. The van der Waals surface area contributed by atoms with Crippen molar-refractivity contribution < 1.29 is 0 Å². The minimum Gasteiger partial charge on any atom is -0.310 e. The van der Waals surface area contributed by atoms with Crippen molar-refractivity contribution in [2.75, 3.05) is 4.90 Å². The predicted molar refractivity (Wildman–Crippen MR) is 371 cm³/mol. The lowest BCUT2D eigenvalue weighted by molar-refractivity contribution is 0.457. The number of hydrogen-bond donors (Lipinski definition) is 0. The van der Waals surface area contributed by atoms with Gasteiger partial charge in [0.25, 0.3) is 0 Å². The molecule has 0 saturated carbocycles. The van der Waals surface area contributed by atoms with E-state index in [0.717, 1.165) is 39.4 Å². The van der Waals surface area contributed by atoms with E-state index in [9.17, 15) is 0 Å². The molecule has 3 aliphatic rings. The highest BCUT2D eigenvalue weighted by atomic mass is 15.1. The Hall–Kier alpha value is -10.5. The number of nitrogens with zero attached hydrogens (tertiary/aromatic N) is 2. The molecule has 0 fully saturated rings. The van der Waals surface area contributed by atoms with Crippen LogP contribution in [-0.4, -0.2) is 4.57 Å². The number of anilines is 3. The van der Waals surface area contributed by atoms with E-state index in [0.29, 0.717) is 0 Å². The van der Waals surface area contributed by atoms with Gasteiger partial charge in [-0.25, -0.2) is 0 Å². The molecule has 418 valence electrons. The Morgan fingerprint density at radius 3 is 1.56 bits per heavy atom. The van der Waals surface area contributed by atoms with Crippen LogP contribution >= 0.6 is 0 Å². The van der Waals surface area contributed by atoms with Crippen LogP contribution in [-0.2, 0) is 5.41 Å². The van der Waals surface area contributed by atoms with Crippen LogP contribution in [0, 0.1) is 5.92 Å². The lowest BCUT2D eigenvalue weighted by Gasteiger charge is -2.39. The van der Waals surface area contributed by atoms with E-state index in [2.05, 4.69) is 349 Å². The molecule has 0 bridgehead atoms. The zero-order chi connectivity index (χ0) is 58.5. The van der Waals surface area contributed by atoms with E-state index >= 15 is 0 Å². The first-order valence-corrected chi connectivity index (χ1v) is 30.9. The molecular weight excluding hydrogens is 1050 g/mol. The minimum atomic E-state index is -0.397. The largest absolute Gasteiger partial charge is 0.310 e. The number of rotatable bonds is 10. The highest BCUT2D eigenvalue weighted by molar-refractivity contribution is 6.11. The summed E-state index contributed by atoms with van der Waals surface area (Å²) in [5.41, 5.74) is 21.2. The molecule has 87 heavy (non-hydrogen) atoms. The molecule has 2 nitrogen and oxygen atoms in total. The Kier molecular flexibility index (Phi) is 15.1. The molecule has 0 aliphatic heterocycles. The van der Waals surface area contributed by atoms with E-state index in [4.69, 9.17) is 0 Å². The third kappa shape index (κ3) is 10.2. The van der Waals surface area contributed by atoms with Gasteiger partial charge in [-0.3, -0.25) is 0 Å². The maximum Gasteiger partial charge on any atom is 0.0541 e. The van der Waals surface area contributed by atoms with Crippen molar-refractivity contribution >= 4 is 49.6 Å². The zero-order valence-corrected chi connectivity index (χ0v) is 49.3. The maximum atomic E-state index is 2.50. The molecule has 0 amide bonds. The van der Waals surface area contributed by atoms with Crippen LogP contribution < -0.4 is 4.90 Å². The van der Waals surface area contributed by atoms with Crippen LogP contribution in [0.3, 0.4) is 0 Å². The average Bonchev–Trinajstić information content (AvgIpc) is 1.60. The predicted octanol–water partition coefficient (Wildman–Crippen LogP) is 23.2. The molecule has 2 unspecified atom stereocenters. The number of allylic oxidation sites excluding steroid dienone is 8. The van der Waals surface area contributed by atoms with Crippen molar-refractivity contribution in [2.24, 2.45) is 5.92 Å². The number of hydrogen-bond acceptors (Lipinski definition) is 1. The lowest BCUT2D eigenvalue weighted by Crippen LogP contribution is -2.35. The lowest BCUT2D eigenvalue weighted by atomic mass is 9.63. The summed E-state index contributed by atoms with van der Waals surface area (Å²) in [4.78, 5) is 2.44. The van der Waals surface area contributed by atoms with Crippen molar-refractivity contribution in [3.05, 3.63) is 362 Å². The summed E-state index contributed by atoms with van der Waals surface area (Å²) in [5, 5.41) is 4.90. The van der Waals surface area contributed by atoms with Gasteiger partial charge in [0.15, 0.2) is 0 Å². The fourth-order valence-electron chi connectivity index (χ4n) is 13.8. The second kappa shape index (κ2) is 24.2. The van der Waals surface area contributed by atoms with E-state index < -0.39 is 5.41 Å². The summed E-state index contributed by atoms with van der Waals surface area (Å²) in [7, 11) is 0. The Labute approximate surface area is 512 Å². The van der Waals surface area contributed by atoms with Crippen molar-refractivity contribution in [3.63, 3.8) is 0 Å². The molecule has 2 heteroatoms. The Balaban J connectivity index is 0.000000781. The maximum absolute atomic E-state index is 2.50. The van der Waals surface area contributed by atoms with Gasteiger partial charge in [0.1, 0.15) is 0 Å². The van der Waals surface area contributed by atoms with Gasteiger partial charge in [0, 0.05) is 45.4 Å². The normalized spacial score (nSPS) is 15.1. The van der Waals surface area contributed by atoms with Gasteiger partial charge in [-0.05, 0) is 169 Å². The molecule has 12 aromatic carbocycles. The van der Waals surface area contributed by atoms with Gasteiger partial charge < -0.3 is 9.47 Å². The summed E-state index contributed by atoms with van der Waals surface area (Å²) < 4.78 is 2.47. The van der Waals surface area contributed by atoms with E-state index in [-0.39, 0.29) is 11.8 Å². The zero-order valence-electron chi connectivity index (χ0n) is 49.3. The Bertz CT molecular complexity index is 4650. The smallest absolute Gasteiger partial charge is 0.0541 e. The molecule has 13 aromatic rings. The highest BCUT2D eigenvalue weighted by Gasteiger charge is 2.53. The third-order valence-electron chi connectivity index (χ3n) is 17.8. The van der Waals surface area contributed by atoms with Crippen LogP contribution in [0.25, 0.3) is 82.8 Å². The standard InChI is InChI=1S/C77H54N2.C6H8.C2H6/c1-5-20-53(21-6-1)55-36-38-56(39-37-55)61-47-62(59-41-40-54-22-13-14-23-57(54)46-59)50-68(49-61)79-75-35-18-16-33-71(75)72-51-60(42-45-76(72)79)58-24-19-31-66(48-58)78(65-29-11-4-12-30-65)67-43-44-70-69-32-15-17-34-73(69)77(74(70)52-67,63-25-7-2-8-26-63)64-27-9-3-10-28-64;1-2-4-6-5-3-1;1-2/h1-52,69,73H;1-4H,5-6H2;1-2H3. The number of benzene rings is 12. The van der Waals surface area contributed by atoms with Gasteiger partial charge in [-0.15, -0.1) is 0 Å². The number of aromatic nitrogens is 1. The van der Waals surface area contributed by atoms with Crippen LogP contribution in [0.5, 0.6) is 0 Å². The summed E-state index contributed by atoms with van der Waals surface area (Å²) in [5.74, 6) is 0.465. The van der Waals surface area contributed by atoms with Gasteiger partial charge in [0.05, 0.1) is 16.4 Å². The van der Waals surface area contributed by atoms with Crippen LogP contribution in [0.2, 0.25) is 0 Å². The molecular formula is C85H68N2. The van der Waals surface area contributed by atoms with Gasteiger partial charge in [-0.1, -0.05) is 275 Å². The number of para-hydroxylation sites is 2. The second-order valence-corrected chi connectivity index (χ2v) is 22.6. The van der Waals surface area contributed by atoms with Crippen LogP contribution in [0.4, 0.5) is 17.1 Å². The van der Waals surface area contributed by atoms with Crippen LogP contribution in [0.1, 0.15) is 54.9 Å². The molecule has 1 aromatic heterocycles. The topological polar surface area (TPSA) is 8.17 Å². The first-order valence-electron chi connectivity index (χ1n) is 30.9. The third-order valence-corrected chi connectivity index (χ3v) is 17.8. The number of fused-ring (bicyclic) bond motifs is 7. The molecule has 16 rings (SSSR count). The fraction of sp³-hybridized carbons (Fsp3) is 0.0824. The van der Waals surface area contributed by atoms with Gasteiger partial charge >= 0.3 is 0 Å². The second-order valence-electron chi connectivity index (χ2n) is 22.6. The fourth-order valence-corrected chi connectivity index (χ4v) is 13.8. The monoisotopic (exact) mass is 1120 g/mol. The first kappa shape index (κ1) is 54.4. The molecule has 0 radical (unpaired) electrons. The quantitative estimate of drug-likeness (QED) is 0.132. The van der Waals surface area contributed by atoms with Crippen molar-refractivity contribution in [1.29, 1.82) is 0 Å². The summed E-state index contributed by atoms with van der Waals surface area (Å²) in [6.45, 7) is 4.00. The Morgan fingerprint density at radius 2 is 0.862 bits per heavy atom. The summed E-state index contributed by atoms with van der Waals surface area (Å²) >= 11 is 0. The van der Waals surface area contributed by atoms with Crippen molar-refractivity contribution in [1.82, 2.24) is 4.57 Å². The minimum absolute atomic E-state index is 0.218. The molecule has 2 atom stereocenters. The van der Waals surface area contributed by atoms with E-state index in [1.165, 1.54) is 95.5 Å². The molecule has 0 spiro atoms. The summed E-state index contributed by atoms with van der Waals surface area (Å²) in [6, 6.07) is 108. The van der Waals surface area contributed by atoms with Crippen molar-refractivity contribution in [3.8, 4) is 50.2 Å². The highest BCUT2D eigenvalue weighted by Crippen LogP contribution is 2.60. The first-order chi connectivity index (χ1) is 43.2. The molecule has 3 aliphatic carbocycles. The van der Waals surface area contributed by atoms with Crippen molar-refractivity contribution in [2.45, 2.75) is 38.0 Å². The molecule has 0 N–H and O–H groups in total. The van der Waals surface area contributed by atoms with Crippen LogP contribution in [0.15, 0.2) is 340 Å². The molecule has 1 heterocycles. The van der Waals surface area contributed by atoms with Gasteiger partial charge in [0.2, 0.25) is 0 Å². The van der Waals surface area contributed by atoms with Gasteiger partial charge in [-0.2, -0.15) is 0 Å². The average molecular weight is 1120 g/mol. The van der Waals surface area contributed by atoms with E-state index in [1.54, 1.807) is 0 Å². The SMILES string of the molecule is C1=CC2c3ccc(N(c4ccccc4)c4cccc(-c5ccc6c(c5)c5ccccc5n6-c5cc(-c6ccc(-c7ccccc7)cc6)cc(-c6ccc7ccccc7c6)c5)c4)cc3C(c3ccccc3)(c3ccccc3)C2C=C1.C1=CCCC=C1.CC.